The van der Waals surface area contributed by atoms with Gasteiger partial charge in [0.25, 0.3) is 5.91 Å². The highest BCUT2D eigenvalue weighted by molar-refractivity contribution is 5.91. The molecule has 0 saturated carbocycles. The maximum atomic E-state index is 12.2. The molecule has 0 unspecified atom stereocenters. The summed E-state index contributed by atoms with van der Waals surface area (Å²) in [5.41, 5.74) is 6.88. The van der Waals surface area contributed by atoms with Crippen molar-refractivity contribution >= 4 is 18.3 Å². The molecule has 1 fully saturated rings. The second-order valence-electron chi connectivity index (χ2n) is 4.70. The number of hydrogen-bond acceptors (Lipinski definition) is 3. The van der Waals surface area contributed by atoms with Gasteiger partial charge in [-0.25, -0.2) is 0 Å². The average Bonchev–Trinajstić information content (AvgIpc) is 2.70. The molecule has 0 aromatic carbocycles. The van der Waals surface area contributed by atoms with Crippen LogP contribution in [-0.4, -0.2) is 29.9 Å². The molecule has 0 spiro atoms. The van der Waals surface area contributed by atoms with Gasteiger partial charge in [-0.2, -0.15) is 0 Å². The lowest BCUT2D eigenvalue weighted by Crippen LogP contribution is -2.42. The molecular weight excluding hydrogens is 252 g/mol. The number of nitrogens with two attached hydrogens (primary N) is 1. The quantitative estimate of drug-likeness (QED) is 0.897. The van der Waals surface area contributed by atoms with E-state index in [0.717, 1.165) is 43.7 Å². The number of carbonyl (C=O) groups excluding carboxylic acids is 1. The van der Waals surface area contributed by atoms with Gasteiger partial charge in [0.2, 0.25) is 0 Å². The van der Waals surface area contributed by atoms with Gasteiger partial charge in [-0.05, 0) is 31.4 Å². The summed E-state index contributed by atoms with van der Waals surface area (Å²) in [6.07, 6.45) is 2.59. The first-order valence-electron chi connectivity index (χ1n) is 6.26. The molecule has 1 aliphatic heterocycles. The van der Waals surface area contributed by atoms with Crippen LogP contribution in [0.1, 0.15) is 41.6 Å². The molecule has 0 radical (unpaired) electrons. The molecule has 1 aromatic rings. The number of likely N-dealkylation sites (tertiary alicyclic amines) is 1. The first-order valence-corrected chi connectivity index (χ1v) is 6.26. The number of hydrogen-bond donors (Lipinski definition) is 1. The normalized spacial score (nSPS) is 16.5. The van der Waals surface area contributed by atoms with Crippen molar-refractivity contribution in [1.82, 2.24) is 4.90 Å². The van der Waals surface area contributed by atoms with Crippen molar-refractivity contribution < 1.29 is 9.21 Å². The zero-order valence-electron chi connectivity index (χ0n) is 10.9. The minimum absolute atomic E-state index is 0. The highest BCUT2D eigenvalue weighted by Gasteiger charge is 2.24. The number of amides is 1. The van der Waals surface area contributed by atoms with Crippen molar-refractivity contribution in [2.24, 2.45) is 5.73 Å². The van der Waals surface area contributed by atoms with Crippen LogP contribution in [-0.2, 0) is 6.42 Å². The molecule has 1 aliphatic rings. The molecule has 1 aromatic heterocycles. The van der Waals surface area contributed by atoms with Crippen LogP contribution in [0, 0.1) is 6.92 Å². The number of nitrogens with zero attached hydrogens (tertiary/aromatic N) is 1. The van der Waals surface area contributed by atoms with Crippen LogP contribution in [0.25, 0.3) is 0 Å². The summed E-state index contributed by atoms with van der Waals surface area (Å²) in [7, 11) is 0. The van der Waals surface area contributed by atoms with E-state index >= 15 is 0 Å². The van der Waals surface area contributed by atoms with Crippen molar-refractivity contribution in [3.63, 3.8) is 0 Å². The van der Waals surface area contributed by atoms with E-state index in [0.29, 0.717) is 5.76 Å². The Morgan fingerprint density at radius 1 is 1.50 bits per heavy atom. The van der Waals surface area contributed by atoms with Crippen LogP contribution >= 0.6 is 12.4 Å². The Morgan fingerprint density at radius 2 is 2.11 bits per heavy atom. The second kappa shape index (κ2) is 6.25. The zero-order chi connectivity index (χ0) is 12.4. The van der Waals surface area contributed by atoms with Gasteiger partial charge in [0.15, 0.2) is 5.76 Å². The fraction of sp³-hybridized carbons (Fsp3) is 0.615. The molecule has 1 amide bonds. The fourth-order valence-corrected chi connectivity index (χ4v) is 2.23. The Balaban J connectivity index is 0.00000162. The zero-order valence-corrected chi connectivity index (χ0v) is 11.8. The van der Waals surface area contributed by atoms with Gasteiger partial charge in [-0.3, -0.25) is 4.79 Å². The predicted molar refractivity (Wildman–Crippen MR) is 73.2 cm³/mol. The van der Waals surface area contributed by atoms with Crippen LogP contribution in [0.2, 0.25) is 0 Å². The Morgan fingerprint density at radius 3 is 2.61 bits per heavy atom. The van der Waals surface area contributed by atoms with E-state index in [1.165, 1.54) is 0 Å². The van der Waals surface area contributed by atoms with E-state index in [2.05, 4.69) is 0 Å². The fourth-order valence-electron chi connectivity index (χ4n) is 2.23. The number of piperidine rings is 1. The van der Waals surface area contributed by atoms with E-state index in [4.69, 9.17) is 10.2 Å². The van der Waals surface area contributed by atoms with Crippen LogP contribution in [0.4, 0.5) is 0 Å². The Bertz CT molecular complexity index is 409. The number of furan rings is 1. The molecular formula is C13H21ClN2O2. The largest absolute Gasteiger partial charge is 0.456 e. The van der Waals surface area contributed by atoms with Crippen molar-refractivity contribution in [2.45, 2.75) is 39.2 Å². The summed E-state index contributed by atoms with van der Waals surface area (Å²) in [5.74, 6) is 1.37. The molecule has 5 heteroatoms. The Kier molecular flexibility index (Phi) is 5.23. The third kappa shape index (κ3) is 3.06. The lowest BCUT2D eigenvalue weighted by atomic mass is 10.1. The van der Waals surface area contributed by atoms with Crippen molar-refractivity contribution in [3.05, 3.63) is 23.2 Å². The van der Waals surface area contributed by atoms with Crippen molar-refractivity contribution in [2.75, 3.05) is 13.1 Å². The maximum Gasteiger partial charge on any atom is 0.289 e. The summed E-state index contributed by atoms with van der Waals surface area (Å²) in [4.78, 5) is 14.0. The molecule has 4 nitrogen and oxygen atoms in total. The smallest absolute Gasteiger partial charge is 0.289 e. The molecule has 0 bridgehead atoms. The Hall–Kier alpha value is -1.00. The van der Waals surface area contributed by atoms with E-state index in [1.807, 2.05) is 24.8 Å². The summed E-state index contributed by atoms with van der Waals surface area (Å²) in [6.45, 7) is 5.48. The van der Waals surface area contributed by atoms with Gasteiger partial charge < -0.3 is 15.1 Å². The lowest BCUT2D eigenvalue weighted by molar-refractivity contribution is 0.0681. The maximum absolute atomic E-state index is 12.2. The van der Waals surface area contributed by atoms with Crippen LogP contribution < -0.4 is 5.73 Å². The van der Waals surface area contributed by atoms with Crippen molar-refractivity contribution in [1.29, 1.82) is 0 Å². The second-order valence-corrected chi connectivity index (χ2v) is 4.70. The molecule has 2 rings (SSSR count). The third-order valence-corrected chi connectivity index (χ3v) is 3.38. The molecule has 2 N–H and O–H groups in total. The first-order chi connectivity index (χ1) is 8.11. The molecule has 1 saturated heterocycles. The summed E-state index contributed by atoms with van der Waals surface area (Å²) < 4.78 is 5.58. The lowest BCUT2D eigenvalue weighted by Gasteiger charge is -2.29. The minimum Gasteiger partial charge on any atom is -0.456 e. The van der Waals surface area contributed by atoms with E-state index in [9.17, 15) is 4.79 Å². The standard InChI is InChI=1S/C13H20N2O2.ClH/c1-3-11-9(2)8-12(17-11)13(16)15-6-4-10(14)5-7-15;/h8,10H,3-7,14H2,1-2H3;1H. The Labute approximate surface area is 114 Å². The van der Waals surface area contributed by atoms with E-state index in [1.54, 1.807) is 0 Å². The van der Waals surface area contributed by atoms with Gasteiger partial charge in [0, 0.05) is 25.6 Å². The first kappa shape index (κ1) is 15.1. The number of carbonyl (C=O) groups is 1. The number of halogens is 1. The molecule has 2 heterocycles. The van der Waals surface area contributed by atoms with Gasteiger partial charge in [-0.15, -0.1) is 12.4 Å². The van der Waals surface area contributed by atoms with Gasteiger partial charge in [0.05, 0.1) is 0 Å². The SMILES string of the molecule is CCc1oc(C(=O)N2CCC(N)CC2)cc1C.Cl. The third-order valence-electron chi connectivity index (χ3n) is 3.38. The summed E-state index contributed by atoms with van der Waals surface area (Å²) in [6, 6.07) is 2.08. The van der Waals surface area contributed by atoms with Crippen LogP contribution in [0.3, 0.4) is 0 Å². The summed E-state index contributed by atoms with van der Waals surface area (Å²) >= 11 is 0. The van der Waals surface area contributed by atoms with Gasteiger partial charge in [-0.1, -0.05) is 6.92 Å². The van der Waals surface area contributed by atoms with Crippen LogP contribution in [0.15, 0.2) is 10.5 Å². The predicted octanol–water partition coefficient (Wildman–Crippen LogP) is 2.14. The average molecular weight is 273 g/mol. The molecule has 18 heavy (non-hydrogen) atoms. The number of rotatable bonds is 2. The van der Waals surface area contributed by atoms with Gasteiger partial charge >= 0.3 is 0 Å². The molecule has 0 atom stereocenters. The van der Waals surface area contributed by atoms with Gasteiger partial charge in [0.1, 0.15) is 5.76 Å². The monoisotopic (exact) mass is 272 g/mol. The van der Waals surface area contributed by atoms with E-state index in [-0.39, 0.29) is 24.4 Å². The number of aryl methyl sites for hydroxylation is 2. The van der Waals surface area contributed by atoms with Crippen molar-refractivity contribution in [3.8, 4) is 0 Å². The molecule has 0 aliphatic carbocycles. The minimum atomic E-state index is -0.000278. The van der Waals surface area contributed by atoms with Crippen LogP contribution in [0.5, 0.6) is 0 Å². The highest BCUT2D eigenvalue weighted by atomic mass is 35.5. The topological polar surface area (TPSA) is 59.5 Å². The van der Waals surface area contributed by atoms with E-state index < -0.39 is 0 Å². The molecule has 102 valence electrons. The highest BCUT2D eigenvalue weighted by Crippen LogP contribution is 2.18. The summed E-state index contributed by atoms with van der Waals surface area (Å²) in [5, 5.41) is 0.